The third kappa shape index (κ3) is 1.52. The first-order valence-electron chi connectivity index (χ1n) is 3.80. The number of Topliss-reactive ketones (excluding diaryl/α,β-unsaturated/α-hetero) is 1. The number of nitrogens with two attached hydrogens (primary N) is 1. The Hall–Kier alpha value is -2.04. The summed E-state index contributed by atoms with van der Waals surface area (Å²) in [6.07, 6.45) is 0. The summed E-state index contributed by atoms with van der Waals surface area (Å²) in [5.41, 5.74) is 5.00. The number of anilines is 1. The lowest BCUT2D eigenvalue weighted by Crippen LogP contribution is -2.04. The van der Waals surface area contributed by atoms with Gasteiger partial charge in [0, 0.05) is 5.56 Å². The Labute approximate surface area is 79.8 Å². The fourth-order valence-electron chi connectivity index (χ4n) is 1.09. The number of rotatable bonds is 2. The second kappa shape index (κ2) is 3.37. The maximum absolute atomic E-state index is 11.0. The van der Waals surface area contributed by atoms with Crippen molar-refractivity contribution in [1.82, 2.24) is 0 Å². The van der Waals surface area contributed by atoms with Gasteiger partial charge in [0.2, 0.25) is 0 Å². The van der Waals surface area contributed by atoms with Crippen molar-refractivity contribution in [2.45, 2.75) is 6.92 Å². The van der Waals surface area contributed by atoms with E-state index in [0.717, 1.165) is 6.07 Å². The van der Waals surface area contributed by atoms with Crippen LogP contribution in [-0.4, -0.2) is 22.0 Å². The highest BCUT2D eigenvalue weighted by Gasteiger charge is 2.16. The largest absolute Gasteiger partial charge is 0.505 e. The molecule has 14 heavy (non-hydrogen) atoms. The van der Waals surface area contributed by atoms with Crippen molar-refractivity contribution in [2.24, 2.45) is 0 Å². The lowest BCUT2D eigenvalue weighted by Gasteiger charge is -2.06. The van der Waals surface area contributed by atoms with Crippen molar-refractivity contribution in [1.29, 1.82) is 0 Å². The third-order valence-corrected chi connectivity index (χ3v) is 1.83. The predicted octanol–water partition coefficient (Wildman–Crippen LogP) is 0.875. The number of hydrogen-bond acceptors (Lipinski definition) is 4. The second-order valence-corrected chi connectivity index (χ2v) is 2.78. The van der Waals surface area contributed by atoms with E-state index in [1.165, 1.54) is 13.0 Å². The molecule has 5 nitrogen and oxygen atoms in total. The number of aromatic hydroxyl groups is 1. The summed E-state index contributed by atoms with van der Waals surface area (Å²) in [5.74, 6) is -2.18. The van der Waals surface area contributed by atoms with Crippen LogP contribution in [0, 0.1) is 0 Å². The summed E-state index contributed by atoms with van der Waals surface area (Å²) < 4.78 is 0. The van der Waals surface area contributed by atoms with Crippen molar-refractivity contribution in [3.05, 3.63) is 23.3 Å². The van der Waals surface area contributed by atoms with Gasteiger partial charge in [0.05, 0.1) is 5.69 Å². The molecule has 0 spiro atoms. The minimum Gasteiger partial charge on any atom is -0.505 e. The van der Waals surface area contributed by atoms with Gasteiger partial charge < -0.3 is 15.9 Å². The van der Waals surface area contributed by atoms with E-state index in [-0.39, 0.29) is 22.6 Å². The Morgan fingerprint density at radius 3 is 2.21 bits per heavy atom. The third-order valence-electron chi connectivity index (χ3n) is 1.83. The van der Waals surface area contributed by atoms with Gasteiger partial charge in [-0.15, -0.1) is 0 Å². The van der Waals surface area contributed by atoms with Crippen LogP contribution in [0.5, 0.6) is 5.75 Å². The first-order chi connectivity index (χ1) is 6.45. The van der Waals surface area contributed by atoms with E-state index in [1.807, 2.05) is 0 Å². The quantitative estimate of drug-likeness (QED) is 0.369. The Bertz CT molecular complexity index is 373. The zero-order valence-corrected chi connectivity index (χ0v) is 7.44. The Balaban J connectivity index is 3.41. The molecule has 0 amide bonds. The van der Waals surface area contributed by atoms with Crippen LogP contribution in [0.15, 0.2) is 12.1 Å². The van der Waals surface area contributed by atoms with Crippen LogP contribution >= 0.6 is 0 Å². The fraction of sp³-hybridized carbons (Fsp3) is 0.111. The van der Waals surface area contributed by atoms with E-state index >= 15 is 0 Å². The van der Waals surface area contributed by atoms with Gasteiger partial charge in [-0.25, -0.2) is 4.79 Å². The molecule has 74 valence electrons. The standard InChI is InChI=1S/C9H9NO4/c1-4(11)5-2-3-6(9(13)14)8(12)7(5)10/h2-3,12H,10H2,1H3,(H,13,14). The van der Waals surface area contributed by atoms with E-state index in [0.29, 0.717) is 0 Å². The second-order valence-electron chi connectivity index (χ2n) is 2.78. The number of carboxylic acid groups (broad SMARTS) is 1. The van der Waals surface area contributed by atoms with E-state index in [9.17, 15) is 14.7 Å². The smallest absolute Gasteiger partial charge is 0.339 e. The highest BCUT2D eigenvalue weighted by atomic mass is 16.4. The summed E-state index contributed by atoms with van der Waals surface area (Å²) in [6.45, 7) is 1.28. The van der Waals surface area contributed by atoms with Gasteiger partial charge in [-0.1, -0.05) is 0 Å². The van der Waals surface area contributed by atoms with Gasteiger partial charge in [-0.3, -0.25) is 4.79 Å². The molecule has 0 saturated heterocycles. The van der Waals surface area contributed by atoms with E-state index in [1.54, 1.807) is 0 Å². The van der Waals surface area contributed by atoms with Gasteiger partial charge in [-0.2, -0.15) is 0 Å². The minimum absolute atomic E-state index is 0.118. The zero-order chi connectivity index (χ0) is 10.9. The summed E-state index contributed by atoms with van der Waals surface area (Å²) in [6, 6.07) is 2.42. The van der Waals surface area contributed by atoms with Crippen LogP contribution in [0.3, 0.4) is 0 Å². The number of benzene rings is 1. The molecule has 0 bridgehead atoms. The molecule has 4 N–H and O–H groups in total. The first-order valence-corrected chi connectivity index (χ1v) is 3.80. The van der Waals surface area contributed by atoms with E-state index < -0.39 is 11.7 Å². The predicted molar refractivity (Wildman–Crippen MR) is 49.5 cm³/mol. The highest BCUT2D eigenvalue weighted by molar-refractivity contribution is 6.03. The molecule has 0 fully saturated rings. The minimum atomic E-state index is -1.29. The van der Waals surface area contributed by atoms with Crippen molar-refractivity contribution >= 4 is 17.4 Å². The number of carbonyl (C=O) groups is 2. The fourth-order valence-corrected chi connectivity index (χ4v) is 1.09. The maximum atomic E-state index is 11.0. The van der Waals surface area contributed by atoms with E-state index in [2.05, 4.69) is 0 Å². The first kappa shape index (κ1) is 10.0. The molecule has 0 heterocycles. The molecule has 0 aliphatic heterocycles. The van der Waals surface area contributed by atoms with Gasteiger partial charge in [-0.05, 0) is 19.1 Å². The SMILES string of the molecule is CC(=O)c1ccc(C(=O)O)c(O)c1N. The number of hydrogen-bond donors (Lipinski definition) is 3. The van der Waals surface area contributed by atoms with Gasteiger partial charge >= 0.3 is 5.97 Å². The number of phenols is 1. The van der Waals surface area contributed by atoms with Crippen molar-refractivity contribution in [2.75, 3.05) is 5.73 Å². The van der Waals surface area contributed by atoms with Gasteiger partial charge in [0.1, 0.15) is 5.56 Å². The van der Waals surface area contributed by atoms with Crippen LogP contribution in [0.1, 0.15) is 27.6 Å². The van der Waals surface area contributed by atoms with Crippen molar-refractivity contribution < 1.29 is 19.8 Å². The van der Waals surface area contributed by atoms with Crippen LogP contribution in [0.25, 0.3) is 0 Å². The average molecular weight is 195 g/mol. The molecule has 5 heteroatoms. The summed E-state index contributed by atoms with van der Waals surface area (Å²) in [4.78, 5) is 21.5. The molecule has 0 unspecified atom stereocenters. The monoisotopic (exact) mass is 195 g/mol. The van der Waals surface area contributed by atoms with Crippen molar-refractivity contribution in [3.8, 4) is 5.75 Å². The topological polar surface area (TPSA) is 101 Å². The Morgan fingerprint density at radius 1 is 1.29 bits per heavy atom. The summed E-state index contributed by atoms with van der Waals surface area (Å²) in [5, 5.41) is 18.0. The lowest BCUT2D eigenvalue weighted by atomic mass is 10.1. The molecule has 0 aliphatic rings. The Morgan fingerprint density at radius 2 is 1.79 bits per heavy atom. The number of nitrogen functional groups attached to an aromatic ring is 1. The maximum Gasteiger partial charge on any atom is 0.339 e. The van der Waals surface area contributed by atoms with Gasteiger partial charge in [0.25, 0.3) is 0 Å². The molecule has 0 aromatic heterocycles. The molecule has 1 aromatic rings. The molecular formula is C9H9NO4. The summed E-state index contributed by atoms with van der Waals surface area (Å²) >= 11 is 0. The van der Waals surface area contributed by atoms with Crippen LogP contribution in [0.2, 0.25) is 0 Å². The van der Waals surface area contributed by atoms with Crippen molar-refractivity contribution in [3.63, 3.8) is 0 Å². The molecule has 0 aliphatic carbocycles. The van der Waals surface area contributed by atoms with Crippen LogP contribution in [0.4, 0.5) is 5.69 Å². The number of ketones is 1. The average Bonchev–Trinajstić information content (AvgIpc) is 2.08. The number of carboxylic acids is 1. The van der Waals surface area contributed by atoms with Gasteiger partial charge in [0.15, 0.2) is 11.5 Å². The zero-order valence-electron chi connectivity index (χ0n) is 7.44. The van der Waals surface area contributed by atoms with Crippen LogP contribution in [-0.2, 0) is 0 Å². The molecular weight excluding hydrogens is 186 g/mol. The van der Waals surface area contributed by atoms with Crippen LogP contribution < -0.4 is 5.73 Å². The molecule has 1 rings (SSSR count). The normalized spacial score (nSPS) is 9.79. The number of carbonyl (C=O) groups excluding carboxylic acids is 1. The van der Waals surface area contributed by atoms with E-state index in [4.69, 9.17) is 10.8 Å². The molecule has 0 atom stereocenters. The molecule has 1 aromatic carbocycles. The Kier molecular flexibility index (Phi) is 2.42. The molecule has 0 saturated carbocycles. The number of aromatic carboxylic acids is 1. The molecule has 0 radical (unpaired) electrons. The lowest BCUT2D eigenvalue weighted by molar-refractivity contribution is 0.0693. The highest BCUT2D eigenvalue weighted by Crippen LogP contribution is 2.28. The summed E-state index contributed by atoms with van der Waals surface area (Å²) in [7, 11) is 0.